The summed E-state index contributed by atoms with van der Waals surface area (Å²) in [5, 5.41) is 2.83. The minimum absolute atomic E-state index is 0.159. The Kier molecular flexibility index (Phi) is 3.78. The maximum Gasteiger partial charge on any atom is 0.414 e. The minimum atomic E-state index is -0.337. The van der Waals surface area contributed by atoms with E-state index in [9.17, 15) is 9.59 Å². The van der Waals surface area contributed by atoms with Crippen molar-refractivity contribution in [2.75, 3.05) is 23.4 Å². The molecule has 2 aromatic rings. The van der Waals surface area contributed by atoms with Crippen molar-refractivity contribution < 1.29 is 14.3 Å². The van der Waals surface area contributed by atoms with Crippen molar-refractivity contribution in [1.29, 1.82) is 0 Å². The van der Waals surface area contributed by atoms with Gasteiger partial charge in [-0.25, -0.2) is 4.79 Å². The van der Waals surface area contributed by atoms with Crippen LogP contribution >= 0.6 is 0 Å². The highest BCUT2D eigenvalue weighted by Crippen LogP contribution is 2.21. The molecule has 1 N–H and O–H groups in total. The van der Waals surface area contributed by atoms with Crippen molar-refractivity contribution in [3.63, 3.8) is 0 Å². The van der Waals surface area contributed by atoms with Crippen molar-refractivity contribution in [3.05, 3.63) is 59.7 Å². The molecule has 0 spiro atoms. The lowest BCUT2D eigenvalue weighted by Crippen LogP contribution is -2.23. The molecule has 1 fully saturated rings. The first-order valence-electron chi connectivity index (χ1n) is 7.06. The number of cyclic esters (lactones) is 1. The third-order valence-corrected chi connectivity index (χ3v) is 3.51. The van der Waals surface area contributed by atoms with Crippen molar-refractivity contribution in [2.45, 2.75) is 6.92 Å². The molecule has 2 amide bonds. The second-order valence-electron chi connectivity index (χ2n) is 5.13. The zero-order valence-electron chi connectivity index (χ0n) is 12.2. The van der Waals surface area contributed by atoms with Gasteiger partial charge in [0.2, 0.25) is 0 Å². The number of nitrogens with one attached hydrogen (secondary N) is 1. The van der Waals surface area contributed by atoms with E-state index >= 15 is 0 Å². The molecule has 0 atom stereocenters. The lowest BCUT2D eigenvalue weighted by Gasteiger charge is -2.13. The molecule has 0 aromatic heterocycles. The van der Waals surface area contributed by atoms with Crippen LogP contribution < -0.4 is 10.2 Å². The van der Waals surface area contributed by atoms with Gasteiger partial charge in [-0.15, -0.1) is 0 Å². The number of aryl methyl sites for hydroxylation is 1. The average molecular weight is 296 g/mol. The highest BCUT2D eigenvalue weighted by atomic mass is 16.6. The molecule has 0 unspecified atom stereocenters. The summed E-state index contributed by atoms with van der Waals surface area (Å²) in [6.07, 6.45) is -0.337. The van der Waals surface area contributed by atoms with Gasteiger partial charge in [0, 0.05) is 16.9 Å². The molecule has 112 valence electrons. The highest BCUT2D eigenvalue weighted by Gasteiger charge is 2.23. The lowest BCUT2D eigenvalue weighted by atomic mass is 10.1. The Morgan fingerprint density at radius 3 is 2.36 bits per heavy atom. The Morgan fingerprint density at radius 1 is 1.09 bits per heavy atom. The van der Waals surface area contributed by atoms with Crippen LogP contribution in [0.4, 0.5) is 16.2 Å². The summed E-state index contributed by atoms with van der Waals surface area (Å²) < 4.78 is 4.90. The van der Waals surface area contributed by atoms with Crippen molar-refractivity contribution >= 4 is 23.4 Å². The van der Waals surface area contributed by atoms with Crippen LogP contribution in [-0.4, -0.2) is 25.2 Å². The number of carbonyl (C=O) groups excluding carboxylic acids is 2. The molecule has 2 aromatic carbocycles. The first-order valence-corrected chi connectivity index (χ1v) is 7.06. The molecule has 1 aliphatic rings. The van der Waals surface area contributed by atoms with Crippen LogP contribution in [0.5, 0.6) is 0 Å². The summed E-state index contributed by atoms with van der Waals surface area (Å²) in [6.45, 7) is 2.93. The maximum atomic E-state index is 12.1. The van der Waals surface area contributed by atoms with E-state index in [0.29, 0.717) is 24.4 Å². The molecule has 5 nitrogen and oxygen atoms in total. The van der Waals surface area contributed by atoms with E-state index in [1.54, 1.807) is 41.3 Å². The molecule has 1 saturated heterocycles. The van der Waals surface area contributed by atoms with E-state index in [2.05, 4.69) is 5.32 Å². The average Bonchev–Trinajstić information content (AvgIpc) is 2.95. The van der Waals surface area contributed by atoms with Crippen LogP contribution in [0.15, 0.2) is 48.5 Å². The smallest absolute Gasteiger partial charge is 0.414 e. The largest absolute Gasteiger partial charge is 0.447 e. The normalized spacial score (nSPS) is 13.9. The lowest BCUT2D eigenvalue weighted by molar-refractivity contribution is 0.102. The maximum absolute atomic E-state index is 12.1. The number of benzene rings is 2. The first kappa shape index (κ1) is 14.1. The van der Waals surface area contributed by atoms with Gasteiger partial charge in [-0.1, -0.05) is 17.7 Å². The number of ether oxygens (including phenoxy) is 1. The number of nitrogens with zero attached hydrogens (tertiary/aromatic N) is 1. The summed E-state index contributed by atoms with van der Waals surface area (Å²) in [6, 6.07) is 14.5. The fraction of sp³-hybridized carbons (Fsp3) is 0.176. The van der Waals surface area contributed by atoms with Gasteiger partial charge in [0.05, 0.1) is 6.54 Å². The molecule has 0 aliphatic carbocycles. The van der Waals surface area contributed by atoms with Crippen molar-refractivity contribution in [3.8, 4) is 0 Å². The van der Waals surface area contributed by atoms with Gasteiger partial charge in [0.25, 0.3) is 5.91 Å². The van der Waals surface area contributed by atoms with E-state index < -0.39 is 0 Å². The summed E-state index contributed by atoms with van der Waals surface area (Å²) in [5.41, 5.74) is 3.16. The number of rotatable bonds is 3. The second kappa shape index (κ2) is 5.89. The molecule has 3 rings (SSSR count). The molecule has 0 bridgehead atoms. The third kappa shape index (κ3) is 2.93. The molecule has 5 heteroatoms. The van der Waals surface area contributed by atoms with Gasteiger partial charge in [-0.3, -0.25) is 9.69 Å². The standard InChI is InChI=1S/C17H16N2O3/c1-12-2-4-13(5-3-12)16(20)18-14-6-8-15(9-7-14)19-10-11-22-17(19)21/h2-9H,10-11H2,1H3,(H,18,20). The Labute approximate surface area is 128 Å². The molecule has 1 aliphatic heterocycles. The third-order valence-electron chi connectivity index (χ3n) is 3.51. The quantitative estimate of drug-likeness (QED) is 0.946. The van der Waals surface area contributed by atoms with Gasteiger partial charge < -0.3 is 10.1 Å². The zero-order valence-corrected chi connectivity index (χ0v) is 12.2. The summed E-state index contributed by atoms with van der Waals surface area (Å²) in [7, 11) is 0. The van der Waals surface area contributed by atoms with Crippen LogP contribution in [-0.2, 0) is 4.74 Å². The molecule has 22 heavy (non-hydrogen) atoms. The van der Waals surface area contributed by atoms with Crippen LogP contribution in [0.3, 0.4) is 0 Å². The molecule has 0 radical (unpaired) electrons. The van der Waals surface area contributed by atoms with Gasteiger partial charge in [-0.2, -0.15) is 0 Å². The predicted molar refractivity (Wildman–Crippen MR) is 84.3 cm³/mol. The van der Waals surface area contributed by atoms with Crippen LogP contribution in [0.25, 0.3) is 0 Å². The monoisotopic (exact) mass is 296 g/mol. The molecular weight excluding hydrogens is 280 g/mol. The summed E-state index contributed by atoms with van der Waals surface area (Å²) >= 11 is 0. The number of anilines is 2. The first-order chi connectivity index (χ1) is 10.6. The van der Waals surface area contributed by atoms with E-state index in [1.165, 1.54) is 0 Å². The Hall–Kier alpha value is -2.82. The summed E-state index contributed by atoms with van der Waals surface area (Å²) in [5.74, 6) is -0.159. The zero-order chi connectivity index (χ0) is 15.5. The molecular formula is C17H16N2O3. The Bertz CT molecular complexity index is 693. The predicted octanol–water partition coefficient (Wildman–Crippen LogP) is 3.20. The van der Waals surface area contributed by atoms with E-state index in [4.69, 9.17) is 4.74 Å². The van der Waals surface area contributed by atoms with E-state index in [-0.39, 0.29) is 12.0 Å². The van der Waals surface area contributed by atoms with Crippen LogP contribution in [0.2, 0.25) is 0 Å². The second-order valence-corrected chi connectivity index (χ2v) is 5.13. The number of carbonyl (C=O) groups is 2. The topological polar surface area (TPSA) is 58.6 Å². The fourth-order valence-corrected chi connectivity index (χ4v) is 2.26. The molecule has 1 heterocycles. The Balaban J connectivity index is 1.69. The van der Waals surface area contributed by atoms with Crippen molar-refractivity contribution in [1.82, 2.24) is 0 Å². The van der Waals surface area contributed by atoms with E-state index in [1.807, 2.05) is 19.1 Å². The Morgan fingerprint density at radius 2 is 1.77 bits per heavy atom. The SMILES string of the molecule is Cc1ccc(C(=O)Nc2ccc(N3CCOC3=O)cc2)cc1. The number of hydrogen-bond donors (Lipinski definition) is 1. The minimum Gasteiger partial charge on any atom is -0.447 e. The van der Waals surface area contributed by atoms with Crippen LogP contribution in [0.1, 0.15) is 15.9 Å². The number of hydrogen-bond acceptors (Lipinski definition) is 3. The van der Waals surface area contributed by atoms with Gasteiger partial charge >= 0.3 is 6.09 Å². The fourth-order valence-electron chi connectivity index (χ4n) is 2.26. The molecule has 0 saturated carbocycles. The van der Waals surface area contributed by atoms with Crippen molar-refractivity contribution in [2.24, 2.45) is 0 Å². The number of amides is 2. The van der Waals surface area contributed by atoms with Gasteiger partial charge in [0.15, 0.2) is 0 Å². The van der Waals surface area contributed by atoms with E-state index in [0.717, 1.165) is 11.3 Å². The van der Waals surface area contributed by atoms with Gasteiger partial charge in [-0.05, 0) is 43.3 Å². The van der Waals surface area contributed by atoms with Crippen LogP contribution in [0, 0.1) is 6.92 Å². The van der Waals surface area contributed by atoms with Gasteiger partial charge in [0.1, 0.15) is 6.61 Å². The highest BCUT2D eigenvalue weighted by molar-refractivity contribution is 6.04. The summed E-state index contributed by atoms with van der Waals surface area (Å²) in [4.78, 5) is 25.2.